The van der Waals surface area contributed by atoms with E-state index in [2.05, 4.69) is 10.3 Å². The van der Waals surface area contributed by atoms with E-state index in [0.29, 0.717) is 33.8 Å². The Morgan fingerprint density at radius 2 is 1.68 bits per heavy atom. The molecule has 1 N–H and O–H groups in total. The number of nitrogens with zero attached hydrogens (tertiary/aromatic N) is 2. The molecule has 0 atom stereocenters. The first kappa shape index (κ1) is 19.2. The Hall–Kier alpha value is -2.11. The number of nitrogens with one attached hydrogen (secondary N) is 1. The fraction of sp³-hybridized carbons (Fsp3) is 0.278. The number of anilines is 1. The van der Waals surface area contributed by atoms with Crippen LogP contribution < -0.4 is 14.8 Å². The number of hydrogen-bond acceptors (Lipinski definition) is 4. The Labute approximate surface area is 158 Å². The molecule has 0 aliphatic rings. The molecule has 0 fully saturated rings. The molecule has 0 bridgehead atoms. The second-order valence-corrected chi connectivity index (χ2v) is 6.35. The van der Waals surface area contributed by atoms with Crippen LogP contribution in [0.2, 0.25) is 10.0 Å². The van der Waals surface area contributed by atoms with Gasteiger partial charge in [-0.1, -0.05) is 29.3 Å². The number of aliphatic imine (C=N–C) groups is 1. The topological polar surface area (TPSA) is 46.1 Å². The molecule has 0 aliphatic heterocycles. The lowest BCUT2D eigenvalue weighted by Crippen LogP contribution is -2.07. The van der Waals surface area contributed by atoms with E-state index < -0.39 is 0 Å². The van der Waals surface area contributed by atoms with Gasteiger partial charge in [-0.05, 0) is 29.8 Å². The third kappa shape index (κ3) is 5.18. The second-order valence-electron chi connectivity index (χ2n) is 5.54. The van der Waals surface area contributed by atoms with E-state index in [4.69, 9.17) is 32.7 Å². The minimum Gasteiger partial charge on any atom is -0.493 e. The van der Waals surface area contributed by atoms with Crippen molar-refractivity contribution in [3.8, 4) is 11.5 Å². The Morgan fingerprint density at radius 1 is 1.04 bits per heavy atom. The lowest BCUT2D eigenvalue weighted by molar-refractivity contribution is 0.354. The highest BCUT2D eigenvalue weighted by molar-refractivity contribution is 6.39. The van der Waals surface area contributed by atoms with Crippen LogP contribution in [0.3, 0.4) is 0 Å². The zero-order chi connectivity index (χ0) is 18.4. The van der Waals surface area contributed by atoms with Gasteiger partial charge in [0.1, 0.15) is 5.69 Å². The number of ether oxygens (including phenoxy) is 2. The summed E-state index contributed by atoms with van der Waals surface area (Å²) >= 11 is 12.6. The van der Waals surface area contributed by atoms with Crippen LogP contribution in [-0.4, -0.2) is 39.6 Å². The van der Waals surface area contributed by atoms with Gasteiger partial charge in [-0.3, -0.25) is 0 Å². The molecule has 0 radical (unpaired) electrons. The van der Waals surface area contributed by atoms with Crippen molar-refractivity contribution in [3.05, 3.63) is 45.9 Å². The third-order valence-electron chi connectivity index (χ3n) is 3.38. The molecule has 5 nitrogen and oxygen atoms in total. The van der Waals surface area contributed by atoms with Gasteiger partial charge >= 0.3 is 0 Å². The van der Waals surface area contributed by atoms with Crippen LogP contribution in [0.5, 0.6) is 11.5 Å². The summed E-state index contributed by atoms with van der Waals surface area (Å²) in [4.78, 5) is 6.10. The zero-order valence-electron chi connectivity index (χ0n) is 14.6. The predicted octanol–water partition coefficient (Wildman–Crippen LogP) is 4.84. The average Bonchev–Trinajstić information content (AvgIpc) is 2.58. The van der Waals surface area contributed by atoms with Crippen molar-refractivity contribution < 1.29 is 9.47 Å². The van der Waals surface area contributed by atoms with Crippen molar-refractivity contribution in [2.45, 2.75) is 6.54 Å². The van der Waals surface area contributed by atoms with Crippen LogP contribution >= 0.6 is 23.2 Å². The quantitative estimate of drug-likeness (QED) is 0.550. The summed E-state index contributed by atoms with van der Waals surface area (Å²) in [5.74, 6) is 1.38. The fourth-order valence-corrected chi connectivity index (χ4v) is 2.74. The molecule has 25 heavy (non-hydrogen) atoms. The summed E-state index contributed by atoms with van der Waals surface area (Å²) in [6.45, 7) is 0.591. The molecule has 0 aromatic heterocycles. The Kier molecular flexibility index (Phi) is 6.79. The summed E-state index contributed by atoms with van der Waals surface area (Å²) in [5.41, 5.74) is 2.40. The van der Waals surface area contributed by atoms with E-state index >= 15 is 0 Å². The van der Waals surface area contributed by atoms with Crippen molar-refractivity contribution >= 4 is 40.9 Å². The monoisotopic (exact) mass is 381 g/mol. The van der Waals surface area contributed by atoms with Crippen molar-refractivity contribution in [2.75, 3.05) is 33.6 Å². The predicted molar refractivity (Wildman–Crippen MR) is 105 cm³/mol. The second kappa shape index (κ2) is 8.83. The SMILES string of the molecule is COc1ccc(CNc2cc(Cl)c(N=CN(C)C)c(Cl)c2)cc1OC. The maximum absolute atomic E-state index is 6.29. The molecule has 0 saturated heterocycles. The zero-order valence-corrected chi connectivity index (χ0v) is 16.1. The van der Waals surface area contributed by atoms with E-state index in [0.717, 1.165) is 11.3 Å². The Balaban J connectivity index is 2.13. The van der Waals surface area contributed by atoms with Gasteiger partial charge in [0, 0.05) is 26.3 Å². The minimum atomic E-state index is 0.486. The van der Waals surface area contributed by atoms with Crippen LogP contribution in [0, 0.1) is 0 Å². The van der Waals surface area contributed by atoms with Gasteiger partial charge < -0.3 is 19.7 Å². The highest BCUT2D eigenvalue weighted by Gasteiger charge is 2.08. The number of benzene rings is 2. The van der Waals surface area contributed by atoms with Crippen LogP contribution in [0.4, 0.5) is 11.4 Å². The van der Waals surface area contributed by atoms with Gasteiger partial charge in [0.05, 0.1) is 30.6 Å². The Bertz CT molecular complexity index is 741. The first-order chi connectivity index (χ1) is 11.9. The number of methoxy groups -OCH3 is 2. The highest BCUT2D eigenvalue weighted by Crippen LogP contribution is 2.36. The Morgan fingerprint density at radius 3 is 2.24 bits per heavy atom. The number of rotatable bonds is 7. The number of hydrogen-bond donors (Lipinski definition) is 1. The van der Waals surface area contributed by atoms with Crippen molar-refractivity contribution in [3.63, 3.8) is 0 Å². The normalized spacial score (nSPS) is 10.8. The van der Waals surface area contributed by atoms with Crippen molar-refractivity contribution in [2.24, 2.45) is 4.99 Å². The average molecular weight is 382 g/mol. The van der Waals surface area contributed by atoms with Gasteiger partial charge in [-0.15, -0.1) is 0 Å². The van der Waals surface area contributed by atoms with Crippen LogP contribution in [0.15, 0.2) is 35.3 Å². The van der Waals surface area contributed by atoms with E-state index in [9.17, 15) is 0 Å². The van der Waals surface area contributed by atoms with Crippen LogP contribution in [0.25, 0.3) is 0 Å². The molecule has 0 heterocycles. The summed E-state index contributed by atoms with van der Waals surface area (Å²) in [6, 6.07) is 9.36. The van der Waals surface area contributed by atoms with Crippen LogP contribution in [0.1, 0.15) is 5.56 Å². The van der Waals surface area contributed by atoms with Gasteiger partial charge in [-0.25, -0.2) is 4.99 Å². The smallest absolute Gasteiger partial charge is 0.161 e. The maximum atomic E-state index is 6.29. The molecule has 0 spiro atoms. The molecular formula is C18H21Cl2N3O2. The van der Waals surface area contributed by atoms with Gasteiger partial charge in [0.2, 0.25) is 0 Å². The standard InChI is InChI=1S/C18H21Cl2N3O2/c1-23(2)11-22-18-14(19)8-13(9-15(18)20)21-10-12-5-6-16(24-3)17(7-12)25-4/h5-9,11,21H,10H2,1-4H3. The first-order valence-corrected chi connectivity index (χ1v) is 8.34. The molecule has 0 amide bonds. The van der Waals surface area contributed by atoms with Crippen molar-refractivity contribution in [1.29, 1.82) is 0 Å². The summed E-state index contributed by atoms with van der Waals surface area (Å²) in [5, 5.41) is 4.27. The molecule has 134 valence electrons. The van der Waals surface area contributed by atoms with Gasteiger partial charge in [-0.2, -0.15) is 0 Å². The first-order valence-electron chi connectivity index (χ1n) is 7.59. The summed E-state index contributed by atoms with van der Waals surface area (Å²) in [7, 11) is 6.98. The third-order valence-corrected chi connectivity index (χ3v) is 3.96. The molecule has 2 aromatic rings. The minimum absolute atomic E-state index is 0.486. The van der Waals surface area contributed by atoms with E-state index in [1.54, 1.807) is 32.7 Å². The van der Waals surface area contributed by atoms with E-state index in [1.807, 2.05) is 37.2 Å². The highest BCUT2D eigenvalue weighted by atomic mass is 35.5. The molecule has 7 heteroatoms. The summed E-state index contributed by atoms with van der Waals surface area (Å²) < 4.78 is 10.6. The van der Waals surface area contributed by atoms with Crippen LogP contribution in [-0.2, 0) is 6.54 Å². The van der Waals surface area contributed by atoms with Crippen molar-refractivity contribution in [1.82, 2.24) is 4.90 Å². The molecule has 0 saturated carbocycles. The molecule has 2 rings (SSSR count). The lowest BCUT2D eigenvalue weighted by atomic mass is 10.2. The molecule has 2 aromatic carbocycles. The summed E-state index contributed by atoms with van der Waals surface area (Å²) in [6.07, 6.45) is 1.66. The largest absolute Gasteiger partial charge is 0.493 e. The molecule has 0 unspecified atom stereocenters. The van der Waals surface area contributed by atoms with Gasteiger partial charge in [0.25, 0.3) is 0 Å². The maximum Gasteiger partial charge on any atom is 0.161 e. The molecule has 0 aliphatic carbocycles. The van der Waals surface area contributed by atoms with E-state index in [1.165, 1.54) is 0 Å². The molecular weight excluding hydrogens is 361 g/mol. The fourth-order valence-electron chi connectivity index (χ4n) is 2.16. The lowest BCUT2D eigenvalue weighted by Gasteiger charge is -2.12. The van der Waals surface area contributed by atoms with E-state index in [-0.39, 0.29) is 0 Å². The van der Waals surface area contributed by atoms with Gasteiger partial charge in [0.15, 0.2) is 11.5 Å². The number of halogens is 2.